The number of rotatable bonds is 3. The minimum atomic E-state index is 0.103. The van der Waals surface area contributed by atoms with E-state index >= 15 is 0 Å². The normalized spacial score (nSPS) is 10.4. The van der Waals surface area contributed by atoms with Gasteiger partial charge >= 0.3 is 0 Å². The second-order valence-electron chi connectivity index (χ2n) is 3.63. The average molecular weight is 237 g/mol. The minimum Gasteiger partial charge on any atom is -0.506 e. The first-order chi connectivity index (χ1) is 7.66. The van der Waals surface area contributed by atoms with Crippen molar-refractivity contribution < 1.29 is 5.11 Å². The number of hydrogen-bond donors (Lipinski definition) is 2. The lowest BCUT2D eigenvalue weighted by Gasteiger charge is -2.08. The molecule has 1 heterocycles. The Morgan fingerprint density at radius 1 is 1.38 bits per heavy atom. The fourth-order valence-electron chi connectivity index (χ4n) is 1.49. The van der Waals surface area contributed by atoms with Crippen molar-refractivity contribution in [1.82, 2.24) is 4.57 Å². The Hall–Kier alpha value is -1.61. The zero-order valence-electron chi connectivity index (χ0n) is 8.94. The van der Waals surface area contributed by atoms with E-state index in [1.165, 1.54) is 5.69 Å². The smallest absolute Gasteiger partial charge is 0.134 e. The van der Waals surface area contributed by atoms with Crippen LogP contribution in [0, 0.1) is 0 Å². The molecule has 0 aliphatic carbocycles. The summed E-state index contributed by atoms with van der Waals surface area (Å²) in [6.45, 7) is 0.727. The number of nitrogens with zero attached hydrogens (tertiary/aromatic N) is 1. The average Bonchev–Trinajstić information content (AvgIpc) is 2.66. The fourth-order valence-corrected chi connectivity index (χ4v) is 1.67. The Morgan fingerprint density at radius 3 is 2.81 bits per heavy atom. The Kier molecular flexibility index (Phi) is 3.06. The number of anilines is 1. The Bertz CT molecular complexity index is 494. The summed E-state index contributed by atoms with van der Waals surface area (Å²) in [6.07, 6.45) is 2.00. The molecule has 0 saturated carbocycles. The van der Waals surface area contributed by atoms with Crippen molar-refractivity contribution in [2.24, 2.45) is 7.05 Å². The molecule has 0 saturated heterocycles. The van der Waals surface area contributed by atoms with Gasteiger partial charge in [0.1, 0.15) is 5.75 Å². The van der Waals surface area contributed by atoms with Crippen LogP contribution in [-0.2, 0) is 13.6 Å². The van der Waals surface area contributed by atoms with Gasteiger partial charge in [-0.25, -0.2) is 0 Å². The van der Waals surface area contributed by atoms with Crippen molar-refractivity contribution in [2.75, 3.05) is 5.32 Å². The quantitative estimate of drug-likeness (QED) is 0.804. The maximum absolute atomic E-state index is 9.28. The first-order valence-corrected chi connectivity index (χ1v) is 5.37. The van der Waals surface area contributed by atoms with Crippen molar-refractivity contribution in [3.63, 3.8) is 0 Å². The molecule has 3 nitrogen and oxygen atoms in total. The van der Waals surface area contributed by atoms with Gasteiger partial charge in [0.2, 0.25) is 0 Å². The number of phenols is 1. The van der Waals surface area contributed by atoms with Crippen LogP contribution in [0.5, 0.6) is 5.75 Å². The molecule has 0 bridgehead atoms. The van der Waals surface area contributed by atoms with Crippen LogP contribution in [0.15, 0.2) is 36.5 Å². The largest absolute Gasteiger partial charge is 0.506 e. The van der Waals surface area contributed by atoms with Gasteiger partial charge in [0.25, 0.3) is 0 Å². The number of aryl methyl sites for hydroxylation is 1. The van der Waals surface area contributed by atoms with Gasteiger partial charge in [0.05, 0.1) is 11.6 Å². The molecule has 0 unspecified atom stereocenters. The zero-order chi connectivity index (χ0) is 11.5. The molecule has 2 rings (SSSR count). The van der Waals surface area contributed by atoms with E-state index in [4.69, 9.17) is 11.6 Å². The summed E-state index contributed by atoms with van der Waals surface area (Å²) in [7, 11) is 2.00. The van der Waals surface area contributed by atoms with Crippen LogP contribution in [0.4, 0.5) is 5.69 Å². The Morgan fingerprint density at radius 2 is 2.19 bits per heavy atom. The van der Waals surface area contributed by atoms with Gasteiger partial charge in [-0.3, -0.25) is 0 Å². The lowest BCUT2D eigenvalue weighted by molar-refractivity contribution is 0.475. The van der Waals surface area contributed by atoms with Gasteiger partial charge in [-0.15, -0.1) is 0 Å². The van der Waals surface area contributed by atoms with Crippen LogP contribution in [0.3, 0.4) is 0 Å². The Labute approximate surface area is 99.3 Å². The molecule has 2 aromatic rings. The molecule has 2 N–H and O–H groups in total. The van der Waals surface area contributed by atoms with Crippen molar-refractivity contribution in [2.45, 2.75) is 6.54 Å². The lowest BCUT2D eigenvalue weighted by Crippen LogP contribution is -2.03. The highest BCUT2D eigenvalue weighted by Crippen LogP contribution is 2.26. The van der Waals surface area contributed by atoms with Crippen molar-refractivity contribution in [3.05, 3.63) is 47.2 Å². The van der Waals surface area contributed by atoms with E-state index in [1.807, 2.05) is 19.3 Å². The van der Waals surface area contributed by atoms with E-state index in [0.717, 1.165) is 12.2 Å². The maximum atomic E-state index is 9.28. The molecule has 0 amide bonds. The first kappa shape index (κ1) is 10.9. The predicted octanol–water partition coefficient (Wildman–Crippen LogP) is 3.00. The molecule has 84 valence electrons. The molecule has 1 aromatic carbocycles. The second-order valence-corrected chi connectivity index (χ2v) is 4.04. The van der Waals surface area contributed by atoms with Crippen LogP contribution in [0.1, 0.15) is 5.69 Å². The molecule has 0 spiro atoms. The lowest BCUT2D eigenvalue weighted by atomic mass is 10.3. The van der Waals surface area contributed by atoms with Crippen LogP contribution < -0.4 is 5.32 Å². The molecule has 4 heteroatoms. The van der Waals surface area contributed by atoms with Crippen LogP contribution in [0.2, 0.25) is 5.02 Å². The van der Waals surface area contributed by atoms with Crippen molar-refractivity contribution in [3.8, 4) is 5.75 Å². The molecule has 0 radical (unpaired) electrons. The SMILES string of the molecule is Cn1cccc1CNc1ccc(O)c(Cl)c1. The van der Waals surface area contributed by atoms with Crippen LogP contribution in [-0.4, -0.2) is 9.67 Å². The molecular formula is C12H13ClN2O. The van der Waals surface area contributed by atoms with Gasteiger partial charge in [-0.1, -0.05) is 11.6 Å². The standard InChI is InChI=1S/C12H13ClN2O/c1-15-6-2-3-10(15)8-14-9-4-5-12(16)11(13)7-9/h2-7,14,16H,8H2,1H3. The maximum Gasteiger partial charge on any atom is 0.134 e. The number of phenolic OH excluding ortho intramolecular Hbond substituents is 1. The van der Waals surface area contributed by atoms with Gasteiger partial charge in [-0.05, 0) is 30.3 Å². The van der Waals surface area contributed by atoms with E-state index in [1.54, 1.807) is 18.2 Å². The highest BCUT2D eigenvalue weighted by molar-refractivity contribution is 6.32. The highest BCUT2D eigenvalue weighted by Gasteiger charge is 2.01. The summed E-state index contributed by atoms with van der Waals surface area (Å²) in [6, 6.07) is 9.13. The Balaban J connectivity index is 2.05. The van der Waals surface area contributed by atoms with E-state index in [0.29, 0.717) is 5.02 Å². The topological polar surface area (TPSA) is 37.2 Å². The van der Waals surface area contributed by atoms with Gasteiger partial charge in [-0.2, -0.15) is 0 Å². The third-order valence-corrected chi connectivity index (χ3v) is 2.78. The zero-order valence-corrected chi connectivity index (χ0v) is 9.70. The van der Waals surface area contributed by atoms with Gasteiger partial charge < -0.3 is 15.0 Å². The third-order valence-electron chi connectivity index (χ3n) is 2.47. The molecule has 16 heavy (non-hydrogen) atoms. The molecule has 0 fully saturated rings. The molecular weight excluding hydrogens is 224 g/mol. The van der Waals surface area contributed by atoms with E-state index < -0.39 is 0 Å². The number of aromatic hydroxyl groups is 1. The third kappa shape index (κ3) is 2.31. The van der Waals surface area contributed by atoms with E-state index in [9.17, 15) is 5.11 Å². The highest BCUT2D eigenvalue weighted by atomic mass is 35.5. The second kappa shape index (κ2) is 4.49. The predicted molar refractivity (Wildman–Crippen MR) is 65.9 cm³/mol. The summed E-state index contributed by atoms with van der Waals surface area (Å²) >= 11 is 5.81. The molecule has 0 aliphatic rings. The number of hydrogen-bond acceptors (Lipinski definition) is 2. The number of benzene rings is 1. The summed E-state index contributed by atoms with van der Waals surface area (Å²) < 4.78 is 2.05. The molecule has 0 aliphatic heterocycles. The molecule has 0 atom stereocenters. The van der Waals surface area contributed by atoms with Gasteiger partial charge in [0.15, 0.2) is 0 Å². The monoisotopic (exact) mass is 236 g/mol. The van der Waals surface area contributed by atoms with Crippen LogP contribution in [0.25, 0.3) is 0 Å². The minimum absolute atomic E-state index is 0.103. The summed E-state index contributed by atoms with van der Waals surface area (Å²) in [5.74, 6) is 0.103. The fraction of sp³-hybridized carbons (Fsp3) is 0.167. The number of aromatic nitrogens is 1. The summed E-state index contributed by atoms with van der Waals surface area (Å²) in [5.41, 5.74) is 2.08. The van der Waals surface area contributed by atoms with Gasteiger partial charge in [0, 0.05) is 24.6 Å². The van der Waals surface area contributed by atoms with Crippen LogP contribution >= 0.6 is 11.6 Å². The van der Waals surface area contributed by atoms with E-state index in [-0.39, 0.29) is 5.75 Å². The number of halogens is 1. The van der Waals surface area contributed by atoms with Crippen molar-refractivity contribution in [1.29, 1.82) is 0 Å². The summed E-state index contributed by atoms with van der Waals surface area (Å²) in [4.78, 5) is 0. The number of nitrogens with one attached hydrogen (secondary N) is 1. The molecule has 1 aromatic heterocycles. The van der Waals surface area contributed by atoms with E-state index in [2.05, 4.69) is 16.0 Å². The first-order valence-electron chi connectivity index (χ1n) is 4.99. The van der Waals surface area contributed by atoms with Crippen molar-refractivity contribution >= 4 is 17.3 Å². The summed E-state index contributed by atoms with van der Waals surface area (Å²) in [5, 5.41) is 12.9.